The Morgan fingerprint density at radius 3 is 2.38 bits per heavy atom. The number of nitrogens with one attached hydrogen (secondary N) is 3. The van der Waals surface area contributed by atoms with Gasteiger partial charge >= 0.3 is 5.97 Å². The number of furan rings is 1. The van der Waals surface area contributed by atoms with Gasteiger partial charge in [-0.1, -0.05) is 6.92 Å². The second-order valence-electron chi connectivity index (χ2n) is 8.98. The number of hydrogen-bond acceptors (Lipinski definition) is 8. The molecule has 0 aliphatic carbocycles. The van der Waals surface area contributed by atoms with Crippen molar-refractivity contribution in [2.75, 3.05) is 39.3 Å². The molecule has 2 aromatic rings. The molecule has 2 aliphatic heterocycles. The first-order valence-electron chi connectivity index (χ1n) is 12.2. The minimum absolute atomic E-state index is 0.00798. The van der Waals surface area contributed by atoms with Crippen molar-refractivity contribution >= 4 is 23.6 Å². The van der Waals surface area contributed by atoms with E-state index in [1.165, 1.54) is 16.1 Å². The summed E-state index contributed by atoms with van der Waals surface area (Å²) in [6.45, 7) is 2.99. The van der Waals surface area contributed by atoms with Gasteiger partial charge in [-0.3, -0.25) is 15.0 Å². The van der Waals surface area contributed by atoms with Crippen molar-refractivity contribution in [3.8, 4) is 5.75 Å². The van der Waals surface area contributed by atoms with Crippen molar-refractivity contribution in [2.24, 2.45) is 5.73 Å². The molecular formula is C25H32N6O6. The molecule has 6 N–H and O–H groups in total. The molecule has 3 heterocycles. The van der Waals surface area contributed by atoms with Crippen molar-refractivity contribution < 1.29 is 28.6 Å². The van der Waals surface area contributed by atoms with Gasteiger partial charge in [0.15, 0.2) is 11.6 Å². The molecule has 2 aliphatic rings. The number of carboxylic acids is 1. The summed E-state index contributed by atoms with van der Waals surface area (Å²) < 4.78 is 12.3. The maximum absolute atomic E-state index is 13.4. The average Bonchev–Trinajstić information content (AvgIpc) is 3.43. The van der Waals surface area contributed by atoms with Crippen molar-refractivity contribution in [3.63, 3.8) is 0 Å². The molecule has 37 heavy (non-hydrogen) atoms. The van der Waals surface area contributed by atoms with E-state index in [9.17, 15) is 19.5 Å². The van der Waals surface area contributed by atoms with Gasteiger partial charge in [0.1, 0.15) is 23.4 Å². The van der Waals surface area contributed by atoms with Crippen LogP contribution in [0.25, 0.3) is 0 Å². The van der Waals surface area contributed by atoms with Crippen LogP contribution < -0.4 is 21.1 Å². The van der Waals surface area contributed by atoms with Crippen LogP contribution >= 0.6 is 0 Å². The van der Waals surface area contributed by atoms with Crippen LogP contribution in [0.15, 0.2) is 47.1 Å². The summed E-state index contributed by atoms with van der Waals surface area (Å²) >= 11 is 0. The number of benzene rings is 1. The van der Waals surface area contributed by atoms with Crippen molar-refractivity contribution in [1.29, 1.82) is 5.41 Å². The molecule has 0 saturated carbocycles. The second kappa shape index (κ2) is 11.0. The zero-order valence-electron chi connectivity index (χ0n) is 20.6. The molecule has 198 valence electrons. The second-order valence-corrected chi connectivity index (χ2v) is 8.98. The van der Waals surface area contributed by atoms with Gasteiger partial charge in [-0.05, 0) is 42.8 Å². The van der Waals surface area contributed by atoms with Crippen LogP contribution in [0.5, 0.6) is 5.75 Å². The highest BCUT2D eigenvalue weighted by molar-refractivity contribution is 5.95. The molecule has 0 bridgehead atoms. The fourth-order valence-electron chi connectivity index (χ4n) is 5.24. The number of nitrogens with two attached hydrogens (primary N) is 1. The highest BCUT2D eigenvalue weighted by Gasteiger charge is 2.62. The van der Waals surface area contributed by atoms with Crippen LogP contribution in [0.3, 0.4) is 0 Å². The van der Waals surface area contributed by atoms with Crippen molar-refractivity contribution in [3.05, 3.63) is 54.0 Å². The Morgan fingerprint density at radius 1 is 1.16 bits per heavy atom. The Morgan fingerprint density at radius 2 is 1.84 bits per heavy atom. The molecule has 0 spiro atoms. The fourth-order valence-corrected chi connectivity index (χ4v) is 5.24. The number of amidine groups is 1. The lowest BCUT2D eigenvalue weighted by molar-refractivity contribution is -0.175. The zero-order valence-corrected chi connectivity index (χ0v) is 20.6. The molecule has 2 saturated heterocycles. The smallest absolute Gasteiger partial charge is 0.329 e. The minimum Gasteiger partial charge on any atom is -0.487 e. The quantitative estimate of drug-likeness (QED) is 0.216. The summed E-state index contributed by atoms with van der Waals surface area (Å²) in [7, 11) is 0. The Balaban J connectivity index is 1.92. The van der Waals surface area contributed by atoms with E-state index >= 15 is 0 Å². The number of nitrogen functional groups attached to an aromatic ring is 1. The average molecular weight is 513 g/mol. The third kappa shape index (κ3) is 4.89. The third-order valence-electron chi connectivity index (χ3n) is 6.85. The van der Waals surface area contributed by atoms with E-state index in [0.717, 1.165) is 0 Å². The number of carboxylic acid groups (broad SMARTS) is 1. The number of aliphatic carboxylic acids is 1. The number of carbonyl (C=O) groups excluding carboxylic acids is 2. The van der Waals surface area contributed by atoms with E-state index in [1.807, 2.05) is 6.92 Å². The molecule has 1 aromatic heterocycles. The number of nitrogens with zero attached hydrogens (tertiary/aromatic N) is 2. The molecule has 12 nitrogen and oxygen atoms in total. The normalized spacial score (nSPS) is 19.7. The molecule has 0 radical (unpaired) electrons. The molecule has 1 aromatic carbocycles. The van der Waals surface area contributed by atoms with Gasteiger partial charge in [0.2, 0.25) is 11.8 Å². The molecular weight excluding hydrogens is 480 g/mol. The molecule has 3 atom stereocenters. The van der Waals surface area contributed by atoms with Crippen LogP contribution in [0.1, 0.15) is 24.7 Å². The summed E-state index contributed by atoms with van der Waals surface area (Å²) in [6.07, 6.45) is 0.785. The first-order valence-corrected chi connectivity index (χ1v) is 12.2. The van der Waals surface area contributed by atoms with E-state index in [-0.39, 0.29) is 50.1 Å². The Bertz CT molecular complexity index is 1140. The lowest BCUT2D eigenvalue weighted by atomic mass is 9.76. The van der Waals surface area contributed by atoms with Crippen LogP contribution in [0.4, 0.5) is 0 Å². The molecule has 2 amide bonds. The molecule has 12 heteroatoms. The standard InChI is InChI=1S/C25H32N6O6/c1-2-18(37-17-7-5-16(6-8-17)23(26)27)25(19-4-3-13-36-19,31-12-10-29-15-21(31)33)22(24(34)35)30-11-9-28-14-20(30)32/h3-8,13,18,22,28-29H,2,9-12,14-15H2,1H3,(H3,26,27)(H,34,35). The van der Waals surface area contributed by atoms with Crippen LogP contribution in [0, 0.1) is 5.41 Å². The summed E-state index contributed by atoms with van der Waals surface area (Å²) in [6, 6.07) is 8.30. The Hall–Kier alpha value is -3.90. The predicted molar refractivity (Wildman–Crippen MR) is 133 cm³/mol. The van der Waals surface area contributed by atoms with Gasteiger partial charge in [-0.25, -0.2) is 4.79 Å². The van der Waals surface area contributed by atoms with Gasteiger partial charge in [-0.2, -0.15) is 0 Å². The highest BCUT2D eigenvalue weighted by Crippen LogP contribution is 2.43. The van der Waals surface area contributed by atoms with Gasteiger partial charge < -0.3 is 40.4 Å². The maximum atomic E-state index is 13.4. The van der Waals surface area contributed by atoms with E-state index < -0.39 is 29.6 Å². The maximum Gasteiger partial charge on any atom is 0.329 e. The van der Waals surface area contributed by atoms with E-state index in [2.05, 4.69) is 10.6 Å². The highest BCUT2D eigenvalue weighted by atomic mass is 16.5. The Kier molecular flexibility index (Phi) is 7.79. The van der Waals surface area contributed by atoms with Crippen molar-refractivity contribution in [1.82, 2.24) is 20.4 Å². The minimum atomic E-state index is -1.69. The fraction of sp³-hybridized carbons (Fsp3) is 0.440. The zero-order chi connectivity index (χ0) is 26.6. The number of carbonyl (C=O) groups is 3. The van der Waals surface area contributed by atoms with Gasteiger partial charge in [0.05, 0.1) is 19.4 Å². The largest absolute Gasteiger partial charge is 0.487 e. The lowest BCUT2D eigenvalue weighted by Gasteiger charge is -2.53. The summed E-state index contributed by atoms with van der Waals surface area (Å²) in [5, 5.41) is 24.3. The monoisotopic (exact) mass is 512 g/mol. The summed E-state index contributed by atoms with van der Waals surface area (Å²) in [4.78, 5) is 42.4. The van der Waals surface area contributed by atoms with E-state index in [0.29, 0.717) is 24.4 Å². The first-order chi connectivity index (χ1) is 17.8. The van der Waals surface area contributed by atoms with Crippen LogP contribution in [-0.2, 0) is 19.9 Å². The number of ether oxygens (including phenoxy) is 1. The summed E-state index contributed by atoms with van der Waals surface area (Å²) in [5.41, 5.74) is 4.40. The first kappa shape index (κ1) is 26.2. The Labute approximate surface area is 214 Å². The number of rotatable bonds is 10. The van der Waals surface area contributed by atoms with Crippen LogP contribution in [-0.4, -0.2) is 89.9 Å². The van der Waals surface area contributed by atoms with E-state index in [1.54, 1.807) is 36.4 Å². The topological polar surface area (TPSA) is 174 Å². The molecule has 2 fully saturated rings. The lowest BCUT2D eigenvalue weighted by Crippen LogP contribution is -2.74. The van der Waals surface area contributed by atoms with Gasteiger partial charge in [-0.15, -0.1) is 0 Å². The SMILES string of the molecule is CCC(Oc1ccc(C(=N)N)cc1)C(c1ccco1)(C(C(=O)O)N1CCNCC1=O)N1CCNCC1=O. The number of amides is 2. The molecule has 3 unspecified atom stereocenters. The van der Waals surface area contributed by atoms with Gasteiger partial charge in [0, 0.05) is 31.7 Å². The van der Waals surface area contributed by atoms with Gasteiger partial charge in [0.25, 0.3) is 0 Å². The number of hydrogen-bond donors (Lipinski definition) is 5. The third-order valence-corrected chi connectivity index (χ3v) is 6.85. The number of piperazine rings is 2. The van der Waals surface area contributed by atoms with E-state index in [4.69, 9.17) is 20.3 Å². The molecule has 4 rings (SSSR count). The van der Waals surface area contributed by atoms with Crippen molar-refractivity contribution in [2.45, 2.75) is 31.0 Å². The van der Waals surface area contributed by atoms with Crippen LogP contribution in [0.2, 0.25) is 0 Å². The predicted octanol–water partition coefficient (Wildman–Crippen LogP) is -0.0666. The summed E-state index contributed by atoms with van der Waals surface area (Å²) in [5.74, 6) is -1.48.